The number of nitrogens with zero attached hydrogens (tertiary/aromatic N) is 1. The van der Waals surface area contributed by atoms with Gasteiger partial charge in [0.2, 0.25) is 5.91 Å². The van der Waals surface area contributed by atoms with Crippen molar-refractivity contribution in [1.29, 1.82) is 0 Å². The van der Waals surface area contributed by atoms with Gasteiger partial charge >= 0.3 is 0 Å². The van der Waals surface area contributed by atoms with Gasteiger partial charge in [0.15, 0.2) is 0 Å². The quantitative estimate of drug-likeness (QED) is 0.760. The maximum atomic E-state index is 11.0. The van der Waals surface area contributed by atoms with Crippen molar-refractivity contribution < 1.29 is 4.79 Å². The van der Waals surface area contributed by atoms with E-state index >= 15 is 0 Å². The lowest BCUT2D eigenvalue weighted by atomic mass is 10.1. The highest BCUT2D eigenvalue weighted by atomic mass is 79.9. The number of halogens is 1. The highest BCUT2D eigenvalue weighted by Gasteiger charge is 2.18. The second-order valence-electron chi connectivity index (χ2n) is 3.78. The number of amides is 1. The van der Waals surface area contributed by atoms with E-state index < -0.39 is 0 Å². The van der Waals surface area contributed by atoms with Crippen molar-refractivity contribution in [2.24, 2.45) is 0 Å². The average molecular weight is 285 g/mol. The summed E-state index contributed by atoms with van der Waals surface area (Å²) in [5.41, 5.74) is 6.43. The van der Waals surface area contributed by atoms with E-state index in [4.69, 9.17) is 5.73 Å². The van der Waals surface area contributed by atoms with Crippen molar-refractivity contribution in [3.63, 3.8) is 0 Å². The number of nitrogen functional groups attached to an aromatic ring is 1. The predicted octanol–water partition coefficient (Wildman–Crippen LogP) is 1.12. The van der Waals surface area contributed by atoms with Crippen LogP contribution in [0.3, 0.4) is 0 Å². The van der Waals surface area contributed by atoms with Crippen LogP contribution in [-0.2, 0) is 4.79 Å². The number of nitrogens with two attached hydrogens (primary N) is 1. The smallest absolute Gasteiger partial charge is 0.220 e. The number of carbonyl (C=O) groups excluding carboxylic acids is 1. The van der Waals surface area contributed by atoms with E-state index in [1.165, 1.54) is 0 Å². The third kappa shape index (κ3) is 2.63. The van der Waals surface area contributed by atoms with E-state index in [2.05, 4.69) is 31.5 Å². The van der Waals surface area contributed by atoms with Crippen molar-refractivity contribution in [3.05, 3.63) is 16.7 Å². The zero-order valence-electron chi connectivity index (χ0n) is 8.66. The molecule has 16 heavy (non-hydrogen) atoms. The van der Waals surface area contributed by atoms with Crippen LogP contribution >= 0.6 is 15.9 Å². The minimum atomic E-state index is 0.106. The van der Waals surface area contributed by atoms with Crippen LogP contribution in [-0.4, -0.2) is 23.5 Å². The molecule has 0 saturated carbocycles. The highest BCUT2D eigenvalue weighted by molar-refractivity contribution is 9.10. The maximum Gasteiger partial charge on any atom is 0.220 e. The number of piperidine rings is 1. The first kappa shape index (κ1) is 11.2. The predicted molar refractivity (Wildman–Crippen MR) is 66.0 cm³/mol. The van der Waals surface area contributed by atoms with Crippen molar-refractivity contribution in [3.8, 4) is 0 Å². The molecule has 4 N–H and O–H groups in total. The number of anilines is 2. The van der Waals surface area contributed by atoms with Gasteiger partial charge in [-0.05, 0) is 28.4 Å². The Balaban J connectivity index is 2.01. The Hall–Kier alpha value is -1.30. The van der Waals surface area contributed by atoms with E-state index in [1.807, 2.05) is 0 Å². The van der Waals surface area contributed by atoms with Gasteiger partial charge in [-0.3, -0.25) is 4.79 Å². The Labute approximate surface area is 102 Å². The lowest BCUT2D eigenvalue weighted by molar-refractivity contribution is -0.122. The molecule has 0 radical (unpaired) electrons. The maximum absolute atomic E-state index is 11.0. The molecule has 0 bridgehead atoms. The summed E-state index contributed by atoms with van der Waals surface area (Å²) in [5, 5.41) is 6.03. The van der Waals surface area contributed by atoms with E-state index in [-0.39, 0.29) is 11.9 Å². The average Bonchev–Trinajstić information content (AvgIpc) is 2.25. The first-order valence-corrected chi connectivity index (χ1v) is 5.88. The molecular weight excluding hydrogens is 272 g/mol. The molecule has 1 aliphatic heterocycles. The fraction of sp³-hybridized carbons (Fsp3) is 0.400. The molecule has 1 aromatic heterocycles. The number of aromatic nitrogens is 1. The van der Waals surface area contributed by atoms with E-state index in [0.717, 1.165) is 10.9 Å². The lowest BCUT2D eigenvalue weighted by Crippen LogP contribution is -2.42. The summed E-state index contributed by atoms with van der Waals surface area (Å²) < 4.78 is 0.854. The van der Waals surface area contributed by atoms with Crippen LogP contribution in [0, 0.1) is 0 Å². The lowest BCUT2D eigenvalue weighted by Gasteiger charge is -2.24. The molecular formula is C10H13BrN4O. The third-order valence-electron chi connectivity index (χ3n) is 2.49. The minimum Gasteiger partial charge on any atom is -0.396 e. The van der Waals surface area contributed by atoms with Gasteiger partial charge in [-0.15, -0.1) is 0 Å². The summed E-state index contributed by atoms with van der Waals surface area (Å²) in [6.45, 7) is 0.621. The molecule has 1 saturated heterocycles. The summed E-state index contributed by atoms with van der Waals surface area (Å²) in [5.74, 6) is 0.777. The molecule has 1 aromatic rings. The summed E-state index contributed by atoms with van der Waals surface area (Å²) in [4.78, 5) is 15.2. The first-order chi connectivity index (χ1) is 7.65. The van der Waals surface area contributed by atoms with E-state index in [1.54, 1.807) is 12.3 Å². The normalized spacial score (nSPS) is 20.3. The summed E-state index contributed by atoms with van der Waals surface area (Å²) in [6, 6.07) is 2.00. The van der Waals surface area contributed by atoms with Crippen molar-refractivity contribution in [2.75, 3.05) is 17.6 Å². The number of pyridine rings is 1. The van der Waals surface area contributed by atoms with Gasteiger partial charge in [-0.1, -0.05) is 0 Å². The highest BCUT2D eigenvalue weighted by Crippen LogP contribution is 2.21. The Morgan fingerprint density at radius 3 is 3.06 bits per heavy atom. The number of nitrogens with one attached hydrogen (secondary N) is 2. The molecule has 1 unspecified atom stereocenters. The molecule has 2 rings (SSSR count). The van der Waals surface area contributed by atoms with Gasteiger partial charge in [-0.25, -0.2) is 4.98 Å². The van der Waals surface area contributed by atoms with Gasteiger partial charge in [0.05, 0.1) is 5.69 Å². The summed E-state index contributed by atoms with van der Waals surface area (Å²) >= 11 is 3.30. The topological polar surface area (TPSA) is 80.0 Å². The molecule has 0 aromatic carbocycles. The van der Waals surface area contributed by atoms with E-state index in [9.17, 15) is 4.79 Å². The third-order valence-corrected chi connectivity index (χ3v) is 2.92. The molecule has 1 amide bonds. The monoisotopic (exact) mass is 284 g/mol. The summed E-state index contributed by atoms with van der Waals surface area (Å²) in [7, 11) is 0. The van der Waals surface area contributed by atoms with Crippen LogP contribution in [0.25, 0.3) is 0 Å². The molecule has 0 spiro atoms. The van der Waals surface area contributed by atoms with Gasteiger partial charge in [0.1, 0.15) is 5.82 Å². The van der Waals surface area contributed by atoms with Gasteiger partial charge in [0, 0.05) is 29.7 Å². The number of hydrogen-bond acceptors (Lipinski definition) is 4. The fourth-order valence-corrected chi connectivity index (χ4v) is 1.97. The van der Waals surface area contributed by atoms with Crippen LogP contribution in [0.15, 0.2) is 16.7 Å². The van der Waals surface area contributed by atoms with Crippen molar-refractivity contribution >= 4 is 33.3 Å². The largest absolute Gasteiger partial charge is 0.396 e. The van der Waals surface area contributed by atoms with Gasteiger partial charge in [0.25, 0.3) is 0 Å². The molecule has 1 aliphatic rings. The molecule has 1 atom stereocenters. The second kappa shape index (κ2) is 4.69. The molecule has 6 heteroatoms. The Morgan fingerprint density at radius 2 is 2.44 bits per heavy atom. The van der Waals surface area contributed by atoms with E-state index in [0.29, 0.717) is 24.5 Å². The summed E-state index contributed by atoms with van der Waals surface area (Å²) in [6.07, 6.45) is 3.05. The molecule has 86 valence electrons. The number of carbonyl (C=O) groups is 1. The Morgan fingerprint density at radius 1 is 1.62 bits per heavy atom. The van der Waals surface area contributed by atoms with Gasteiger partial charge in [-0.2, -0.15) is 0 Å². The van der Waals surface area contributed by atoms with Gasteiger partial charge < -0.3 is 16.4 Å². The number of hydrogen-bond donors (Lipinski definition) is 3. The Bertz CT molecular complexity index is 400. The number of rotatable bonds is 2. The molecule has 0 aliphatic carbocycles. The SMILES string of the molecule is Nc1cc(Br)cnc1NC1CCC(=O)NC1. The molecule has 2 heterocycles. The Kier molecular flexibility index (Phi) is 3.28. The zero-order chi connectivity index (χ0) is 11.5. The van der Waals surface area contributed by atoms with Crippen molar-refractivity contribution in [2.45, 2.75) is 18.9 Å². The van der Waals surface area contributed by atoms with Crippen molar-refractivity contribution in [1.82, 2.24) is 10.3 Å². The minimum absolute atomic E-state index is 0.106. The van der Waals surface area contributed by atoms with Crippen LogP contribution in [0.4, 0.5) is 11.5 Å². The van der Waals surface area contributed by atoms with Crippen LogP contribution < -0.4 is 16.4 Å². The second-order valence-corrected chi connectivity index (χ2v) is 4.69. The molecule has 1 fully saturated rings. The van der Waals surface area contributed by atoms with Crippen LogP contribution in [0.5, 0.6) is 0 Å². The van der Waals surface area contributed by atoms with Crippen LogP contribution in [0.1, 0.15) is 12.8 Å². The molecule has 5 nitrogen and oxygen atoms in total. The first-order valence-electron chi connectivity index (χ1n) is 5.09. The fourth-order valence-electron chi connectivity index (χ4n) is 1.62. The van der Waals surface area contributed by atoms with Crippen LogP contribution in [0.2, 0.25) is 0 Å². The standard InChI is InChI=1S/C10H13BrN4O/c11-6-3-8(12)10(14-4-6)15-7-1-2-9(16)13-5-7/h3-4,7H,1-2,5,12H2,(H,13,16)(H,14,15). The zero-order valence-corrected chi connectivity index (χ0v) is 10.3.